The van der Waals surface area contributed by atoms with E-state index in [0.717, 1.165) is 35.8 Å². The molecule has 1 N–H and O–H groups in total. The zero-order valence-electron chi connectivity index (χ0n) is 24.1. The molecule has 0 heterocycles. The van der Waals surface area contributed by atoms with Gasteiger partial charge in [0.25, 0.3) is 0 Å². The second-order valence-electron chi connectivity index (χ2n) is 10.3. The van der Waals surface area contributed by atoms with E-state index < -0.39 is 16.1 Å². The molecule has 3 aromatic carbocycles. The molecule has 0 bridgehead atoms. The fourth-order valence-electron chi connectivity index (χ4n) is 4.70. The van der Waals surface area contributed by atoms with Crippen LogP contribution >= 0.6 is 11.6 Å². The van der Waals surface area contributed by atoms with E-state index >= 15 is 0 Å². The molecule has 0 aliphatic carbocycles. The van der Waals surface area contributed by atoms with Crippen molar-refractivity contribution < 1.29 is 18.0 Å². The number of benzene rings is 3. The van der Waals surface area contributed by atoms with E-state index in [1.54, 1.807) is 29.2 Å². The minimum atomic E-state index is -3.60. The van der Waals surface area contributed by atoms with Crippen LogP contribution in [0.2, 0.25) is 5.02 Å². The Morgan fingerprint density at radius 1 is 0.927 bits per heavy atom. The summed E-state index contributed by atoms with van der Waals surface area (Å²) in [5.41, 5.74) is 3.39. The molecule has 0 saturated carbocycles. The molecule has 0 unspecified atom stereocenters. The van der Waals surface area contributed by atoms with Crippen LogP contribution in [-0.4, -0.2) is 50.5 Å². The number of anilines is 1. The molecular formula is C32H40ClN3O4S. The van der Waals surface area contributed by atoms with Crippen LogP contribution < -0.4 is 9.62 Å². The second kappa shape index (κ2) is 15.6. The minimum Gasteiger partial charge on any atom is -0.354 e. The topological polar surface area (TPSA) is 86.8 Å². The predicted octanol–water partition coefficient (Wildman–Crippen LogP) is 5.75. The van der Waals surface area contributed by atoms with Crippen LogP contribution in [-0.2, 0) is 32.6 Å². The van der Waals surface area contributed by atoms with E-state index in [4.69, 9.17) is 11.6 Å². The molecule has 0 saturated heterocycles. The van der Waals surface area contributed by atoms with E-state index in [1.165, 1.54) is 4.31 Å². The maximum absolute atomic E-state index is 13.9. The Bertz CT molecular complexity index is 1400. The van der Waals surface area contributed by atoms with Gasteiger partial charge in [0.1, 0.15) is 6.04 Å². The molecule has 0 aliphatic heterocycles. The van der Waals surface area contributed by atoms with E-state index in [0.29, 0.717) is 23.7 Å². The highest BCUT2D eigenvalue weighted by atomic mass is 35.5. The van der Waals surface area contributed by atoms with Gasteiger partial charge in [0.05, 0.1) is 11.9 Å². The number of rotatable bonds is 15. The molecule has 3 rings (SSSR count). The highest BCUT2D eigenvalue weighted by Gasteiger charge is 2.30. The number of aryl methyl sites for hydroxylation is 1. The largest absolute Gasteiger partial charge is 0.354 e. The number of carbonyl (C=O) groups excluding carboxylic acids is 2. The summed E-state index contributed by atoms with van der Waals surface area (Å²) in [6.07, 6.45) is 3.65. The number of amides is 2. The first-order chi connectivity index (χ1) is 19.6. The van der Waals surface area contributed by atoms with Crippen molar-refractivity contribution in [1.82, 2.24) is 10.2 Å². The van der Waals surface area contributed by atoms with Gasteiger partial charge in [-0.1, -0.05) is 91.2 Å². The van der Waals surface area contributed by atoms with Crippen LogP contribution in [0.15, 0.2) is 78.9 Å². The van der Waals surface area contributed by atoms with Crippen LogP contribution in [0.25, 0.3) is 0 Å². The number of hydrogen-bond acceptors (Lipinski definition) is 4. The first-order valence-electron chi connectivity index (χ1n) is 14.0. The summed E-state index contributed by atoms with van der Waals surface area (Å²) in [7, 11) is -3.60. The Balaban J connectivity index is 1.87. The number of sulfonamides is 1. The minimum absolute atomic E-state index is 0.0753. The molecule has 2 amide bonds. The van der Waals surface area contributed by atoms with Gasteiger partial charge in [-0.25, -0.2) is 8.42 Å². The van der Waals surface area contributed by atoms with Gasteiger partial charge in [0.2, 0.25) is 21.8 Å². The SMILES string of the molecule is CCCCNC(=O)[C@@H](Cc1ccccc1)N(Cc1cccc(C)c1)C(=O)CCCN(c1cccc(Cl)c1)S(C)(=O)=O. The number of hydrogen-bond donors (Lipinski definition) is 1. The summed E-state index contributed by atoms with van der Waals surface area (Å²) in [4.78, 5) is 29.1. The average Bonchev–Trinajstić information content (AvgIpc) is 2.93. The lowest BCUT2D eigenvalue weighted by Gasteiger charge is -2.32. The van der Waals surface area contributed by atoms with Crippen molar-refractivity contribution in [3.05, 3.63) is 101 Å². The van der Waals surface area contributed by atoms with Crippen molar-refractivity contribution in [2.45, 2.75) is 58.5 Å². The number of halogens is 1. The van der Waals surface area contributed by atoms with E-state index in [2.05, 4.69) is 12.2 Å². The van der Waals surface area contributed by atoms with Crippen molar-refractivity contribution >= 4 is 39.1 Å². The zero-order valence-corrected chi connectivity index (χ0v) is 25.6. The Morgan fingerprint density at radius 2 is 1.63 bits per heavy atom. The smallest absolute Gasteiger partial charge is 0.243 e. The summed E-state index contributed by atoms with van der Waals surface area (Å²) in [5.74, 6) is -0.405. The van der Waals surface area contributed by atoms with Crippen LogP contribution in [0.5, 0.6) is 0 Å². The third-order valence-electron chi connectivity index (χ3n) is 6.78. The lowest BCUT2D eigenvalue weighted by molar-refractivity contribution is -0.141. The molecule has 220 valence electrons. The fraction of sp³-hybridized carbons (Fsp3) is 0.375. The third-order valence-corrected chi connectivity index (χ3v) is 8.21. The van der Waals surface area contributed by atoms with Gasteiger partial charge >= 0.3 is 0 Å². The Labute approximate surface area is 249 Å². The highest BCUT2D eigenvalue weighted by Crippen LogP contribution is 2.23. The summed E-state index contributed by atoms with van der Waals surface area (Å²) in [5, 5.41) is 3.45. The number of nitrogens with one attached hydrogen (secondary N) is 1. The first-order valence-corrected chi connectivity index (χ1v) is 16.2. The predicted molar refractivity (Wildman–Crippen MR) is 166 cm³/mol. The molecule has 41 heavy (non-hydrogen) atoms. The van der Waals surface area contributed by atoms with E-state index in [1.807, 2.05) is 61.5 Å². The summed E-state index contributed by atoms with van der Waals surface area (Å²) < 4.78 is 26.4. The molecule has 0 aromatic heterocycles. The van der Waals surface area contributed by atoms with Crippen LogP contribution in [0.3, 0.4) is 0 Å². The lowest BCUT2D eigenvalue weighted by atomic mass is 10.0. The monoisotopic (exact) mass is 597 g/mol. The Morgan fingerprint density at radius 3 is 2.29 bits per heavy atom. The molecule has 1 atom stereocenters. The summed E-state index contributed by atoms with van der Waals surface area (Å²) >= 11 is 6.11. The lowest BCUT2D eigenvalue weighted by Crippen LogP contribution is -2.50. The zero-order chi connectivity index (χ0) is 29.8. The van der Waals surface area contributed by atoms with Crippen LogP contribution in [0, 0.1) is 6.92 Å². The molecule has 0 fully saturated rings. The molecule has 0 radical (unpaired) electrons. The fourth-order valence-corrected chi connectivity index (χ4v) is 5.84. The Kier molecular flexibility index (Phi) is 12.2. The maximum Gasteiger partial charge on any atom is 0.243 e. The average molecular weight is 598 g/mol. The maximum atomic E-state index is 13.9. The summed E-state index contributed by atoms with van der Waals surface area (Å²) in [6, 6.07) is 23.5. The van der Waals surface area contributed by atoms with E-state index in [-0.39, 0.29) is 37.7 Å². The molecule has 0 spiro atoms. The van der Waals surface area contributed by atoms with Gasteiger partial charge in [-0.3, -0.25) is 13.9 Å². The molecule has 0 aliphatic rings. The molecular weight excluding hydrogens is 558 g/mol. The van der Waals surface area contributed by atoms with Crippen LogP contribution in [0.1, 0.15) is 49.3 Å². The first kappa shape index (κ1) is 32.2. The van der Waals surface area contributed by atoms with Crippen molar-refractivity contribution in [1.29, 1.82) is 0 Å². The second-order valence-corrected chi connectivity index (χ2v) is 12.6. The highest BCUT2D eigenvalue weighted by molar-refractivity contribution is 7.92. The number of nitrogens with zero attached hydrogens (tertiary/aromatic N) is 2. The summed E-state index contributed by atoms with van der Waals surface area (Å²) in [6.45, 7) is 4.96. The van der Waals surface area contributed by atoms with Gasteiger partial charge < -0.3 is 10.2 Å². The van der Waals surface area contributed by atoms with Gasteiger partial charge in [0.15, 0.2) is 0 Å². The van der Waals surface area contributed by atoms with E-state index in [9.17, 15) is 18.0 Å². The van der Waals surface area contributed by atoms with Gasteiger partial charge in [0, 0.05) is 37.5 Å². The van der Waals surface area contributed by atoms with Gasteiger partial charge in [-0.05, 0) is 49.1 Å². The van der Waals surface area contributed by atoms with Crippen LogP contribution in [0.4, 0.5) is 5.69 Å². The molecule has 7 nitrogen and oxygen atoms in total. The van der Waals surface area contributed by atoms with Crippen molar-refractivity contribution in [2.75, 3.05) is 23.7 Å². The quantitative estimate of drug-likeness (QED) is 0.226. The van der Waals surface area contributed by atoms with Gasteiger partial charge in [-0.2, -0.15) is 0 Å². The third kappa shape index (κ3) is 10.2. The van der Waals surface area contributed by atoms with Crippen molar-refractivity contribution in [3.8, 4) is 0 Å². The number of unbranched alkanes of at least 4 members (excludes halogenated alkanes) is 1. The van der Waals surface area contributed by atoms with Gasteiger partial charge in [-0.15, -0.1) is 0 Å². The Hall–Kier alpha value is -3.36. The van der Waals surface area contributed by atoms with Crippen molar-refractivity contribution in [3.63, 3.8) is 0 Å². The normalized spacial score (nSPS) is 12.0. The molecule has 9 heteroatoms. The molecule has 3 aromatic rings. The number of carbonyl (C=O) groups is 2. The van der Waals surface area contributed by atoms with Crippen molar-refractivity contribution in [2.24, 2.45) is 0 Å². The standard InChI is InChI=1S/C32H40ClN3O4S/c1-4-5-19-34-32(38)30(22-26-13-7-6-8-14-26)35(24-27-15-9-12-25(2)21-27)31(37)18-11-20-36(41(3,39)40)29-17-10-16-28(33)23-29/h6-10,12-17,21,23,30H,4-5,11,18-20,22,24H2,1-3H3,(H,34,38)/t30-/m1/s1.